The van der Waals surface area contributed by atoms with Crippen LogP contribution in [0.2, 0.25) is 0 Å². The molecule has 0 spiro atoms. The molecule has 0 atom stereocenters. The van der Waals surface area contributed by atoms with Gasteiger partial charge in [-0.25, -0.2) is 4.98 Å². The minimum absolute atomic E-state index is 0.140. The number of hydrogen-bond acceptors (Lipinski definition) is 4. The Morgan fingerprint density at radius 3 is 2.85 bits per heavy atom. The summed E-state index contributed by atoms with van der Waals surface area (Å²) < 4.78 is 4.85. The van der Waals surface area contributed by atoms with E-state index in [1.807, 2.05) is 0 Å². The Morgan fingerprint density at radius 2 is 2.38 bits per heavy atom. The van der Waals surface area contributed by atoms with Gasteiger partial charge in [0.05, 0.1) is 19.2 Å². The number of methoxy groups -OCH3 is 1. The van der Waals surface area contributed by atoms with E-state index in [-0.39, 0.29) is 6.42 Å². The highest BCUT2D eigenvalue weighted by Gasteiger charge is 2.03. The number of amides is 1. The van der Waals surface area contributed by atoms with Crippen molar-refractivity contribution in [1.29, 1.82) is 0 Å². The summed E-state index contributed by atoms with van der Waals surface area (Å²) in [6.45, 7) is 0. The van der Waals surface area contributed by atoms with E-state index in [4.69, 9.17) is 16.2 Å². The third-order valence-corrected chi connectivity index (χ3v) is 1.51. The van der Waals surface area contributed by atoms with Gasteiger partial charge in [-0.3, -0.25) is 4.79 Å². The van der Waals surface area contributed by atoms with Crippen LogP contribution < -0.4 is 16.2 Å². The maximum absolute atomic E-state index is 10.6. The summed E-state index contributed by atoms with van der Waals surface area (Å²) in [6, 6.07) is 1.62. The molecule has 1 aromatic rings. The molecule has 0 unspecified atom stereocenters. The van der Waals surface area contributed by atoms with Gasteiger partial charge >= 0.3 is 0 Å². The van der Waals surface area contributed by atoms with Crippen molar-refractivity contribution in [3.05, 3.63) is 17.8 Å². The number of primary amides is 1. The van der Waals surface area contributed by atoms with Crippen molar-refractivity contribution < 1.29 is 9.53 Å². The number of hydrogen-bond donors (Lipinski definition) is 2. The van der Waals surface area contributed by atoms with Crippen LogP contribution in [0.15, 0.2) is 12.3 Å². The summed E-state index contributed by atoms with van der Waals surface area (Å²) in [5, 5.41) is 0. The fraction of sp³-hybridized carbons (Fsp3) is 0.250. The van der Waals surface area contributed by atoms with Crippen LogP contribution in [0.4, 0.5) is 5.69 Å². The highest BCUT2D eigenvalue weighted by molar-refractivity contribution is 5.76. The molecule has 5 heteroatoms. The SMILES string of the molecule is COc1ncc(CC(N)=O)cc1N. The van der Waals surface area contributed by atoms with Gasteiger partial charge in [-0.1, -0.05) is 0 Å². The number of nitrogen functional groups attached to an aromatic ring is 1. The molecule has 0 aromatic carbocycles. The first kappa shape index (κ1) is 9.31. The predicted molar refractivity (Wildman–Crippen MR) is 48.1 cm³/mol. The maximum atomic E-state index is 10.6. The Hall–Kier alpha value is -1.78. The number of carbonyl (C=O) groups is 1. The lowest BCUT2D eigenvalue weighted by molar-refractivity contribution is -0.117. The van der Waals surface area contributed by atoms with Crippen LogP contribution in [0.3, 0.4) is 0 Å². The van der Waals surface area contributed by atoms with Crippen LogP contribution in [0.1, 0.15) is 5.56 Å². The summed E-state index contributed by atoms with van der Waals surface area (Å²) >= 11 is 0. The Bertz CT molecular complexity index is 325. The second-order valence-electron chi connectivity index (χ2n) is 2.59. The number of ether oxygens (including phenoxy) is 1. The van der Waals surface area contributed by atoms with E-state index in [0.717, 1.165) is 0 Å². The molecule has 0 saturated heterocycles. The van der Waals surface area contributed by atoms with E-state index in [9.17, 15) is 4.79 Å². The molecule has 0 radical (unpaired) electrons. The predicted octanol–water partition coefficient (Wildman–Crippen LogP) is -0.300. The van der Waals surface area contributed by atoms with Gasteiger partial charge in [0.1, 0.15) is 0 Å². The number of pyridine rings is 1. The molecule has 4 N–H and O–H groups in total. The monoisotopic (exact) mass is 181 g/mol. The lowest BCUT2D eigenvalue weighted by atomic mass is 10.2. The van der Waals surface area contributed by atoms with Gasteiger partial charge in [0.25, 0.3) is 0 Å². The van der Waals surface area contributed by atoms with E-state index in [1.54, 1.807) is 6.07 Å². The zero-order chi connectivity index (χ0) is 9.84. The molecule has 13 heavy (non-hydrogen) atoms. The first-order chi connectivity index (χ1) is 6.13. The molecule has 5 nitrogen and oxygen atoms in total. The quantitative estimate of drug-likeness (QED) is 0.669. The average Bonchev–Trinajstić information content (AvgIpc) is 2.03. The third kappa shape index (κ3) is 2.33. The van der Waals surface area contributed by atoms with E-state index in [1.165, 1.54) is 13.3 Å². The van der Waals surface area contributed by atoms with Crippen molar-refractivity contribution in [2.45, 2.75) is 6.42 Å². The lowest BCUT2D eigenvalue weighted by Crippen LogP contribution is -2.14. The van der Waals surface area contributed by atoms with Gasteiger partial charge in [0.15, 0.2) is 0 Å². The molecular formula is C8H11N3O2. The van der Waals surface area contributed by atoms with Crippen LogP contribution in [-0.4, -0.2) is 18.0 Å². The second-order valence-corrected chi connectivity index (χ2v) is 2.59. The van der Waals surface area contributed by atoms with Crippen LogP contribution >= 0.6 is 0 Å². The van der Waals surface area contributed by atoms with Gasteiger partial charge in [0.2, 0.25) is 11.8 Å². The van der Waals surface area contributed by atoms with Crippen molar-refractivity contribution in [3.63, 3.8) is 0 Å². The lowest BCUT2D eigenvalue weighted by Gasteiger charge is -2.04. The van der Waals surface area contributed by atoms with Gasteiger partial charge in [-0.05, 0) is 11.6 Å². The molecular weight excluding hydrogens is 170 g/mol. The molecule has 1 rings (SSSR count). The van der Waals surface area contributed by atoms with Crippen molar-refractivity contribution in [1.82, 2.24) is 4.98 Å². The first-order valence-corrected chi connectivity index (χ1v) is 3.70. The molecule has 70 valence electrons. The highest BCUT2D eigenvalue weighted by atomic mass is 16.5. The Balaban J connectivity index is 2.89. The van der Waals surface area contributed by atoms with Crippen LogP contribution in [0.5, 0.6) is 5.88 Å². The first-order valence-electron chi connectivity index (χ1n) is 3.70. The second kappa shape index (κ2) is 3.75. The molecule has 1 amide bonds. The molecule has 0 bridgehead atoms. The Morgan fingerprint density at radius 1 is 1.69 bits per heavy atom. The fourth-order valence-corrected chi connectivity index (χ4v) is 0.983. The van der Waals surface area contributed by atoms with Crippen molar-refractivity contribution in [2.75, 3.05) is 12.8 Å². The summed E-state index contributed by atoms with van der Waals surface area (Å²) in [5.41, 5.74) is 11.7. The van der Waals surface area contributed by atoms with Gasteiger partial charge in [-0.15, -0.1) is 0 Å². The smallest absolute Gasteiger partial charge is 0.236 e. The van der Waals surface area contributed by atoms with E-state index >= 15 is 0 Å². The molecule has 0 aliphatic rings. The molecule has 1 aromatic heterocycles. The zero-order valence-electron chi connectivity index (χ0n) is 7.28. The van der Waals surface area contributed by atoms with Crippen LogP contribution in [0, 0.1) is 0 Å². The third-order valence-electron chi connectivity index (χ3n) is 1.51. The van der Waals surface area contributed by atoms with E-state index in [0.29, 0.717) is 17.1 Å². The Labute approximate surface area is 75.7 Å². The normalized spacial score (nSPS) is 9.62. The zero-order valence-corrected chi connectivity index (χ0v) is 7.28. The highest BCUT2D eigenvalue weighted by Crippen LogP contribution is 2.18. The van der Waals surface area contributed by atoms with Crippen molar-refractivity contribution in [2.24, 2.45) is 5.73 Å². The van der Waals surface area contributed by atoms with Crippen molar-refractivity contribution >= 4 is 11.6 Å². The summed E-state index contributed by atoms with van der Waals surface area (Å²) in [7, 11) is 1.48. The molecule has 0 aliphatic heterocycles. The summed E-state index contributed by atoms with van der Waals surface area (Å²) in [5.74, 6) is -0.0559. The molecule has 0 saturated carbocycles. The number of carbonyl (C=O) groups excluding carboxylic acids is 1. The average molecular weight is 181 g/mol. The number of anilines is 1. The van der Waals surface area contributed by atoms with E-state index in [2.05, 4.69) is 4.98 Å². The number of nitrogens with zero attached hydrogens (tertiary/aromatic N) is 1. The minimum Gasteiger partial charge on any atom is -0.480 e. The van der Waals surface area contributed by atoms with Gasteiger partial charge in [-0.2, -0.15) is 0 Å². The largest absolute Gasteiger partial charge is 0.480 e. The molecule has 0 aliphatic carbocycles. The summed E-state index contributed by atoms with van der Waals surface area (Å²) in [6.07, 6.45) is 1.65. The van der Waals surface area contributed by atoms with E-state index < -0.39 is 5.91 Å². The van der Waals surface area contributed by atoms with Crippen LogP contribution in [-0.2, 0) is 11.2 Å². The molecule has 0 fully saturated rings. The topological polar surface area (TPSA) is 91.2 Å². The number of nitrogens with two attached hydrogens (primary N) is 2. The Kier molecular flexibility index (Phi) is 2.69. The molecule has 1 heterocycles. The fourth-order valence-electron chi connectivity index (χ4n) is 0.983. The number of aromatic nitrogens is 1. The standard InChI is InChI=1S/C8H11N3O2/c1-13-8-6(9)2-5(4-11-8)3-7(10)12/h2,4H,3,9H2,1H3,(H2,10,12). The number of rotatable bonds is 3. The van der Waals surface area contributed by atoms with Gasteiger partial charge in [0, 0.05) is 6.20 Å². The van der Waals surface area contributed by atoms with Crippen molar-refractivity contribution in [3.8, 4) is 5.88 Å². The van der Waals surface area contributed by atoms with Gasteiger partial charge < -0.3 is 16.2 Å². The minimum atomic E-state index is -0.411. The van der Waals surface area contributed by atoms with Crippen LogP contribution in [0.25, 0.3) is 0 Å². The maximum Gasteiger partial charge on any atom is 0.236 e. The summed E-state index contributed by atoms with van der Waals surface area (Å²) in [4.78, 5) is 14.5.